The van der Waals surface area contributed by atoms with Crippen LogP contribution in [0.15, 0.2) is 0 Å². The first-order chi connectivity index (χ1) is 4.74. The maximum atomic E-state index is 5.74. The molecule has 0 radical (unpaired) electrons. The van der Waals surface area contributed by atoms with E-state index in [0.717, 1.165) is 6.42 Å². The highest BCUT2D eigenvalue weighted by atomic mass is 35.5. The molecule has 0 spiro atoms. The first-order valence-electron chi connectivity index (χ1n) is 3.35. The van der Waals surface area contributed by atoms with Crippen molar-refractivity contribution in [3.05, 3.63) is 0 Å². The summed E-state index contributed by atoms with van der Waals surface area (Å²) in [6.07, 6.45) is 0.966. The zero-order valence-electron chi connectivity index (χ0n) is 6.49. The molecular weight excluding hydrogens is 171 g/mol. The van der Waals surface area contributed by atoms with Crippen LogP contribution in [0.1, 0.15) is 13.3 Å². The Kier molecular flexibility index (Phi) is 5.51. The van der Waals surface area contributed by atoms with Crippen LogP contribution in [-0.2, 0) is 4.74 Å². The molecule has 0 atom stereocenters. The summed E-state index contributed by atoms with van der Waals surface area (Å²) < 4.78 is 5.01. The van der Waals surface area contributed by atoms with Gasteiger partial charge in [-0.2, -0.15) is 0 Å². The van der Waals surface area contributed by atoms with Gasteiger partial charge in [-0.3, -0.25) is 0 Å². The van der Waals surface area contributed by atoms with Gasteiger partial charge in [0.2, 0.25) is 0 Å². The Morgan fingerprint density at radius 2 is 1.80 bits per heavy atom. The molecule has 0 N–H and O–H groups in total. The van der Waals surface area contributed by atoms with Crippen molar-refractivity contribution in [1.82, 2.24) is 0 Å². The molecule has 0 aliphatic heterocycles. The van der Waals surface area contributed by atoms with Crippen molar-refractivity contribution in [2.75, 3.05) is 25.5 Å². The Hall–Kier alpha value is 0.540. The largest absolute Gasteiger partial charge is 0.384 e. The molecule has 0 aromatic rings. The van der Waals surface area contributed by atoms with Gasteiger partial charge in [0.25, 0.3) is 0 Å². The quantitative estimate of drug-likeness (QED) is 0.598. The average Bonchev–Trinajstić information content (AvgIpc) is 2.01. The molecule has 1 nitrogen and oxygen atoms in total. The van der Waals surface area contributed by atoms with Gasteiger partial charge >= 0.3 is 0 Å². The molecule has 0 saturated heterocycles. The van der Waals surface area contributed by atoms with Crippen molar-refractivity contribution in [2.24, 2.45) is 5.41 Å². The van der Waals surface area contributed by atoms with Crippen LogP contribution in [0.5, 0.6) is 0 Å². The first kappa shape index (κ1) is 10.5. The number of hydrogen-bond acceptors (Lipinski definition) is 1. The third-order valence-corrected chi connectivity index (χ3v) is 2.90. The van der Waals surface area contributed by atoms with Crippen LogP contribution in [0.2, 0.25) is 0 Å². The molecular formula is C7H14Cl2O. The van der Waals surface area contributed by atoms with Crippen molar-refractivity contribution >= 4 is 23.2 Å². The number of alkyl halides is 2. The maximum absolute atomic E-state index is 5.74. The lowest BCUT2D eigenvalue weighted by Gasteiger charge is -2.26. The molecule has 10 heavy (non-hydrogen) atoms. The van der Waals surface area contributed by atoms with Crippen LogP contribution >= 0.6 is 23.2 Å². The highest BCUT2D eigenvalue weighted by Gasteiger charge is 2.25. The van der Waals surface area contributed by atoms with Gasteiger partial charge in [0.05, 0.1) is 6.61 Å². The lowest BCUT2D eigenvalue weighted by atomic mass is 9.91. The number of methoxy groups -OCH3 is 1. The highest BCUT2D eigenvalue weighted by molar-refractivity contribution is 6.21. The van der Waals surface area contributed by atoms with Crippen LogP contribution in [0.4, 0.5) is 0 Å². The van der Waals surface area contributed by atoms with E-state index in [4.69, 9.17) is 27.9 Å². The summed E-state index contributed by atoms with van der Waals surface area (Å²) in [7, 11) is 1.67. The van der Waals surface area contributed by atoms with Crippen LogP contribution in [0, 0.1) is 5.41 Å². The molecule has 0 saturated carbocycles. The van der Waals surface area contributed by atoms with Crippen molar-refractivity contribution < 1.29 is 4.74 Å². The summed E-state index contributed by atoms with van der Waals surface area (Å²) in [4.78, 5) is 0. The Morgan fingerprint density at radius 1 is 1.30 bits per heavy atom. The standard InChI is InChI=1S/C7H14Cl2O/c1-3-7(4-8,5-9)6-10-2/h3-6H2,1-2H3. The minimum Gasteiger partial charge on any atom is -0.384 e. The minimum atomic E-state index is -0.0160. The van der Waals surface area contributed by atoms with Gasteiger partial charge in [0.15, 0.2) is 0 Å². The van der Waals surface area contributed by atoms with Gasteiger partial charge in [0.1, 0.15) is 0 Å². The Bertz CT molecular complexity index is 73.4. The van der Waals surface area contributed by atoms with Crippen LogP contribution in [-0.4, -0.2) is 25.5 Å². The van der Waals surface area contributed by atoms with E-state index in [0.29, 0.717) is 18.4 Å². The first-order valence-corrected chi connectivity index (χ1v) is 4.42. The molecule has 0 heterocycles. The van der Waals surface area contributed by atoms with Crippen molar-refractivity contribution in [3.63, 3.8) is 0 Å². The fourth-order valence-electron chi connectivity index (χ4n) is 0.710. The van der Waals surface area contributed by atoms with Gasteiger partial charge in [0, 0.05) is 24.3 Å². The molecule has 0 aliphatic carbocycles. The van der Waals surface area contributed by atoms with Crippen LogP contribution in [0.3, 0.4) is 0 Å². The molecule has 0 unspecified atom stereocenters. The van der Waals surface area contributed by atoms with E-state index in [1.165, 1.54) is 0 Å². The van der Waals surface area contributed by atoms with E-state index in [9.17, 15) is 0 Å². The van der Waals surface area contributed by atoms with Crippen LogP contribution < -0.4 is 0 Å². The van der Waals surface area contributed by atoms with E-state index in [-0.39, 0.29) is 5.41 Å². The number of halogens is 2. The summed E-state index contributed by atoms with van der Waals surface area (Å²) >= 11 is 11.5. The second-order valence-corrected chi connectivity index (χ2v) is 3.09. The molecule has 0 aromatic heterocycles. The Balaban J connectivity index is 3.87. The average molecular weight is 185 g/mol. The fraction of sp³-hybridized carbons (Fsp3) is 1.00. The fourth-order valence-corrected chi connectivity index (χ4v) is 1.53. The SMILES string of the molecule is CCC(CCl)(CCl)COC. The van der Waals surface area contributed by atoms with E-state index >= 15 is 0 Å². The molecule has 0 aromatic carbocycles. The summed E-state index contributed by atoms with van der Waals surface area (Å²) in [5, 5.41) is 0. The number of ether oxygens (including phenoxy) is 1. The Labute approximate surface area is 72.6 Å². The smallest absolute Gasteiger partial charge is 0.0541 e. The number of rotatable bonds is 5. The van der Waals surface area contributed by atoms with Crippen molar-refractivity contribution in [3.8, 4) is 0 Å². The lowest BCUT2D eigenvalue weighted by molar-refractivity contribution is 0.106. The Morgan fingerprint density at radius 3 is 1.90 bits per heavy atom. The minimum absolute atomic E-state index is 0.0160. The zero-order valence-corrected chi connectivity index (χ0v) is 8.00. The molecule has 0 fully saturated rings. The lowest BCUT2D eigenvalue weighted by Crippen LogP contribution is -2.29. The van der Waals surface area contributed by atoms with E-state index in [1.54, 1.807) is 7.11 Å². The van der Waals surface area contributed by atoms with Crippen molar-refractivity contribution in [1.29, 1.82) is 0 Å². The van der Waals surface area contributed by atoms with Gasteiger partial charge in [-0.05, 0) is 6.42 Å². The summed E-state index contributed by atoms with van der Waals surface area (Å²) in [6.45, 7) is 2.72. The highest BCUT2D eigenvalue weighted by Crippen LogP contribution is 2.25. The van der Waals surface area contributed by atoms with Crippen LogP contribution in [0.25, 0.3) is 0 Å². The second kappa shape index (κ2) is 5.22. The normalized spacial score (nSPS) is 12.0. The summed E-state index contributed by atoms with van der Waals surface area (Å²) in [6, 6.07) is 0. The molecule has 3 heteroatoms. The maximum Gasteiger partial charge on any atom is 0.0541 e. The predicted octanol–water partition coefficient (Wildman–Crippen LogP) is 2.51. The summed E-state index contributed by atoms with van der Waals surface area (Å²) in [5.74, 6) is 1.14. The zero-order chi connectivity index (χ0) is 8.04. The van der Waals surface area contributed by atoms with Gasteiger partial charge in [-0.15, -0.1) is 23.2 Å². The third-order valence-electron chi connectivity index (χ3n) is 1.77. The third kappa shape index (κ3) is 2.65. The predicted molar refractivity (Wildman–Crippen MR) is 46.0 cm³/mol. The van der Waals surface area contributed by atoms with Gasteiger partial charge < -0.3 is 4.74 Å². The topological polar surface area (TPSA) is 9.23 Å². The molecule has 0 rings (SSSR count). The molecule has 0 aliphatic rings. The van der Waals surface area contributed by atoms with Gasteiger partial charge in [-0.1, -0.05) is 6.92 Å². The van der Waals surface area contributed by atoms with E-state index in [2.05, 4.69) is 6.92 Å². The number of hydrogen-bond donors (Lipinski definition) is 0. The second-order valence-electron chi connectivity index (χ2n) is 2.55. The van der Waals surface area contributed by atoms with Crippen molar-refractivity contribution in [2.45, 2.75) is 13.3 Å². The van der Waals surface area contributed by atoms with Gasteiger partial charge in [-0.25, -0.2) is 0 Å². The van der Waals surface area contributed by atoms with E-state index < -0.39 is 0 Å². The molecule has 62 valence electrons. The monoisotopic (exact) mass is 184 g/mol. The molecule has 0 amide bonds. The summed E-state index contributed by atoms with van der Waals surface area (Å²) in [5.41, 5.74) is -0.0160. The molecule has 0 bridgehead atoms. The van der Waals surface area contributed by atoms with E-state index in [1.807, 2.05) is 0 Å².